The summed E-state index contributed by atoms with van der Waals surface area (Å²) in [6.45, 7) is 36.5. The molecule has 2 N–H and O–H groups in total. The van der Waals surface area contributed by atoms with E-state index in [9.17, 15) is 24.3 Å². The number of carboxylic acid groups (broad SMARTS) is 1. The van der Waals surface area contributed by atoms with Crippen molar-refractivity contribution in [2.45, 2.75) is 180 Å². The van der Waals surface area contributed by atoms with Gasteiger partial charge in [0.15, 0.2) is 5.78 Å². The fraction of sp³-hybridized carbons (Fsp3) is 0.688. The number of likely N-dealkylation sites (N-methyl/N-ethyl adjacent to an activating group) is 1. The third-order valence-electron chi connectivity index (χ3n) is 18.2. The molecule has 9 nitrogen and oxygen atoms in total. The third kappa shape index (κ3) is 15.5. The summed E-state index contributed by atoms with van der Waals surface area (Å²) in [6.07, 6.45) is 34.0. The molecule has 10 atom stereocenters. The minimum absolute atomic E-state index is 0.0904. The van der Waals surface area contributed by atoms with Gasteiger partial charge in [0.25, 0.3) is 0 Å². The molecule has 0 aromatic heterocycles. The largest absolute Gasteiger partial charge is 0.508 e. The van der Waals surface area contributed by atoms with E-state index >= 15 is 0 Å². The van der Waals surface area contributed by atoms with Gasteiger partial charge in [-0.05, 0) is 180 Å². The van der Waals surface area contributed by atoms with E-state index in [1.807, 2.05) is 32.9 Å². The van der Waals surface area contributed by atoms with Gasteiger partial charge in [-0.15, -0.1) is 38.5 Å². The Kier molecular flexibility index (Phi) is 25.8. The molecular formula is C64H100N2O7. The van der Waals surface area contributed by atoms with Crippen molar-refractivity contribution in [2.75, 3.05) is 33.7 Å². The summed E-state index contributed by atoms with van der Waals surface area (Å²) >= 11 is 0. The number of ketones is 2. The Morgan fingerprint density at radius 2 is 1.34 bits per heavy atom. The summed E-state index contributed by atoms with van der Waals surface area (Å²) < 4.78 is 6.91. The molecule has 0 bridgehead atoms. The molecule has 0 amide bonds. The monoisotopic (exact) mass is 1010 g/mol. The molecule has 1 aromatic carbocycles. The van der Waals surface area contributed by atoms with Crippen molar-refractivity contribution in [1.29, 1.82) is 0 Å². The quantitative estimate of drug-likeness (QED) is 0.0946. The molecule has 0 saturated heterocycles. The minimum Gasteiger partial charge on any atom is -0.508 e. The maximum atomic E-state index is 14.6. The first-order chi connectivity index (χ1) is 34.1. The van der Waals surface area contributed by atoms with E-state index in [1.54, 1.807) is 12.1 Å². The number of aromatic hydroxyl groups is 1. The summed E-state index contributed by atoms with van der Waals surface area (Å²) in [4.78, 5) is 54.4. The van der Waals surface area contributed by atoms with Gasteiger partial charge in [0.1, 0.15) is 17.6 Å². The van der Waals surface area contributed by atoms with Crippen molar-refractivity contribution in [2.24, 2.45) is 68.5 Å². The van der Waals surface area contributed by atoms with Crippen LogP contribution in [0.15, 0.2) is 47.6 Å². The molecule has 0 spiro atoms. The Balaban J connectivity index is 0.00000129. The summed E-state index contributed by atoms with van der Waals surface area (Å²) in [6, 6.07) is 7.48. The van der Waals surface area contributed by atoms with E-state index in [0.717, 1.165) is 66.8 Å². The van der Waals surface area contributed by atoms with Gasteiger partial charge in [-0.3, -0.25) is 24.1 Å². The van der Waals surface area contributed by atoms with E-state index in [1.165, 1.54) is 58.4 Å². The summed E-state index contributed by atoms with van der Waals surface area (Å²) in [5.41, 5.74) is 3.33. The number of ether oxygens (including phenoxy) is 1. The Bertz CT molecular complexity index is 2070. The van der Waals surface area contributed by atoms with Gasteiger partial charge in [-0.1, -0.05) is 93.5 Å². The third-order valence-corrected chi connectivity index (χ3v) is 18.2. The van der Waals surface area contributed by atoms with Crippen molar-refractivity contribution in [3.8, 4) is 44.3 Å². The molecule has 0 heterocycles. The Morgan fingerprint density at radius 1 is 0.808 bits per heavy atom. The number of Topliss-reactive ketones (excluding diaryl/α,β-unsaturated/α-hetero) is 2. The second-order valence-electron chi connectivity index (χ2n) is 24.2. The molecule has 6 rings (SSSR count). The summed E-state index contributed by atoms with van der Waals surface area (Å²) in [5.74, 6) is 3.46. The predicted octanol–water partition coefficient (Wildman–Crippen LogP) is 13.3. The number of fused-ring (bicyclic) bond motifs is 7. The molecule has 73 heavy (non-hydrogen) atoms. The highest BCUT2D eigenvalue weighted by Gasteiger charge is 2.66. The molecular weight excluding hydrogens is 909 g/mol. The molecule has 9 heteroatoms. The Hall–Kier alpha value is -4.62. The van der Waals surface area contributed by atoms with Crippen LogP contribution in [0, 0.1) is 107 Å². The highest BCUT2D eigenvalue weighted by molar-refractivity contribution is 6.01. The lowest BCUT2D eigenvalue weighted by atomic mass is 9.37. The van der Waals surface area contributed by atoms with Gasteiger partial charge in [0.2, 0.25) is 0 Å². The molecule has 1 aromatic rings. The lowest BCUT2D eigenvalue weighted by molar-refractivity contribution is -0.178. The molecule has 4 fully saturated rings. The Morgan fingerprint density at radius 3 is 1.84 bits per heavy atom. The second kappa shape index (κ2) is 28.3. The zero-order valence-corrected chi connectivity index (χ0v) is 48.5. The van der Waals surface area contributed by atoms with Crippen LogP contribution in [-0.2, 0) is 30.5 Å². The summed E-state index contributed by atoms with van der Waals surface area (Å²) in [5, 5.41) is 18.6. The van der Waals surface area contributed by atoms with Gasteiger partial charge in [0.05, 0.1) is 11.8 Å². The van der Waals surface area contributed by atoms with E-state index in [0.29, 0.717) is 42.7 Å². The number of carboxylic acids is 1. The highest BCUT2D eigenvalue weighted by atomic mass is 16.5. The first kappa shape index (κ1) is 66.4. The van der Waals surface area contributed by atoms with Crippen LogP contribution in [0.2, 0.25) is 0 Å². The van der Waals surface area contributed by atoms with Crippen LogP contribution in [-0.4, -0.2) is 83.4 Å². The number of phenolic OH excluding ortho intramolecular Hbond substituents is 1. The van der Waals surface area contributed by atoms with Gasteiger partial charge in [0, 0.05) is 44.4 Å². The average Bonchev–Trinajstić information content (AvgIpc) is 3.65. The number of phenols is 1. The second-order valence-corrected chi connectivity index (χ2v) is 24.2. The zero-order chi connectivity index (χ0) is 56.6. The van der Waals surface area contributed by atoms with E-state index < -0.39 is 28.3 Å². The first-order valence-corrected chi connectivity index (χ1v) is 27.1. The molecule has 0 radical (unpaired) electrons. The van der Waals surface area contributed by atoms with Crippen LogP contribution in [0.25, 0.3) is 0 Å². The number of hydrogen-bond donors (Lipinski definition) is 2. The lowest BCUT2D eigenvalue weighted by Gasteiger charge is -2.67. The van der Waals surface area contributed by atoms with Crippen molar-refractivity contribution >= 4 is 23.5 Å². The van der Waals surface area contributed by atoms with Gasteiger partial charge >= 0.3 is 11.9 Å². The number of carbonyl (C=O) groups is 4. The van der Waals surface area contributed by atoms with Crippen LogP contribution >= 0.6 is 0 Å². The molecule has 0 aliphatic heterocycles. The predicted molar refractivity (Wildman–Crippen MR) is 302 cm³/mol. The van der Waals surface area contributed by atoms with Crippen LogP contribution in [0.3, 0.4) is 0 Å². The number of rotatable bonds is 16. The number of esters is 1. The minimum atomic E-state index is -0.928. The van der Waals surface area contributed by atoms with Crippen LogP contribution in [0.5, 0.6) is 5.75 Å². The fourth-order valence-electron chi connectivity index (χ4n) is 14.0. The normalized spacial score (nSPS) is 28.3. The maximum absolute atomic E-state index is 14.6. The van der Waals surface area contributed by atoms with Crippen molar-refractivity contribution in [3.63, 3.8) is 0 Å². The number of nitrogens with zero attached hydrogens (tertiary/aromatic N) is 2. The zero-order valence-electron chi connectivity index (χ0n) is 48.5. The van der Waals surface area contributed by atoms with Gasteiger partial charge in [-0.2, -0.15) is 0 Å². The number of aliphatic carboxylic acids is 1. The molecule has 9 unspecified atom stereocenters. The van der Waals surface area contributed by atoms with Crippen molar-refractivity contribution in [3.05, 3.63) is 53.1 Å². The van der Waals surface area contributed by atoms with Gasteiger partial charge < -0.3 is 19.8 Å². The molecule has 4 saturated carbocycles. The van der Waals surface area contributed by atoms with E-state index in [2.05, 4.69) is 124 Å². The number of hydrogen-bond acceptors (Lipinski definition) is 8. The van der Waals surface area contributed by atoms with Crippen LogP contribution in [0.4, 0.5) is 0 Å². The summed E-state index contributed by atoms with van der Waals surface area (Å²) in [7, 11) is 4.20. The van der Waals surface area contributed by atoms with Gasteiger partial charge in [-0.25, -0.2) is 0 Å². The maximum Gasteiger partial charge on any atom is 0.309 e. The lowest BCUT2D eigenvalue weighted by Crippen LogP contribution is -2.60. The van der Waals surface area contributed by atoms with Crippen molar-refractivity contribution < 1.29 is 34.1 Å². The van der Waals surface area contributed by atoms with Crippen LogP contribution < -0.4 is 0 Å². The number of terminal acetylenes is 3. The van der Waals surface area contributed by atoms with Crippen molar-refractivity contribution in [1.82, 2.24) is 9.80 Å². The van der Waals surface area contributed by atoms with Crippen LogP contribution in [0.1, 0.15) is 173 Å². The first-order valence-electron chi connectivity index (χ1n) is 27.1. The molecule has 5 aliphatic carbocycles. The van der Waals surface area contributed by atoms with E-state index in [-0.39, 0.29) is 47.5 Å². The van der Waals surface area contributed by atoms with E-state index in [4.69, 9.17) is 9.84 Å². The number of allylic oxidation sites excluding steroid dienone is 2. The number of benzene rings is 1. The Labute approximate surface area is 445 Å². The SMILES string of the molecule is C#C.C#C.C#C.C=C(C)C(C)(C)CC(=O)O[C@H](CN(CCN(C)C)Cc1ccc(O)cc1)C12CCC3C(CCC4C3(C)CCC3C(C)C(C)CCC34C)C1=C(C(C)C)C(=O)C2.CC.CC(=O)CC(C)(C)C(=O)O. The average molecular weight is 1010 g/mol. The number of carbonyl (C=O) groups excluding carboxylic acids is 3. The molecule has 5 aliphatic rings. The standard InChI is InChI=1S/C49H76N2O4.C7H12O3.C2H6.3C2H2/c1-31(2)44-40(53)27-49(24-21-39-37(45(44)49)17-18-41-47(9)22-19-33(5)34(6)38(47)20-23-48(39,41)10)42(55-43(54)28-46(7,8)32(3)4)30-51(26-25-50(11)12)29-35-13-15-36(52)16-14-35;1-5(8)4-7(2,3)6(9)10;4*1-2/h13-16,31,33-34,37-39,41-42,52H,3,17-30H2,1-2,4-12H3;4H2,1-3H3,(H,9,10);1-2H3;3*1-2H/t33?,34?,37?,38?,39?,41?,42-,47?,48?,49?;;;;;/m1...../s1. The molecule has 408 valence electrons. The topological polar surface area (TPSA) is 124 Å². The smallest absolute Gasteiger partial charge is 0.309 e. The highest BCUT2D eigenvalue weighted by Crippen LogP contribution is 2.72. The fourth-order valence-corrected chi connectivity index (χ4v) is 14.0.